The first-order valence-corrected chi connectivity index (χ1v) is 10.5. The Morgan fingerprint density at radius 3 is 2.00 bits per heavy atom. The highest BCUT2D eigenvalue weighted by Crippen LogP contribution is 2.51. The lowest BCUT2D eigenvalue weighted by atomic mass is 10.2. The van der Waals surface area contributed by atoms with E-state index in [9.17, 15) is 13.0 Å². The van der Waals surface area contributed by atoms with Crippen LogP contribution in [-0.2, 0) is 23.4 Å². The summed E-state index contributed by atoms with van der Waals surface area (Å²) in [7, 11) is -7.44. The van der Waals surface area contributed by atoms with Crippen molar-refractivity contribution >= 4 is 23.5 Å². The van der Waals surface area contributed by atoms with Gasteiger partial charge in [0.15, 0.2) is 15.3 Å². The molecule has 124 valence electrons. The van der Waals surface area contributed by atoms with Gasteiger partial charge in [0.25, 0.3) is 0 Å². The summed E-state index contributed by atoms with van der Waals surface area (Å²) in [5, 5.41) is 1.04. The van der Waals surface area contributed by atoms with Crippen molar-refractivity contribution in [1.29, 1.82) is 0 Å². The third kappa shape index (κ3) is 7.36. The summed E-state index contributed by atoms with van der Waals surface area (Å²) in [6, 6.07) is 9.01. The fraction of sp³-hybridized carbons (Fsp3) is 0.467. The Bertz CT molecular complexity index is 621. The highest BCUT2D eigenvalue weighted by atomic mass is 32.2. The van der Waals surface area contributed by atoms with E-state index < -0.39 is 35.1 Å². The molecule has 1 aromatic carbocycles. The van der Waals surface area contributed by atoms with Gasteiger partial charge in [-0.25, -0.2) is 8.42 Å². The van der Waals surface area contributed by atoms with Crippen LogP contribution < -0.4 is 0 Å². The molecular formula is C15H23O5PS. The minimum atomic E-state index is -3.72. The number of benzene rings is 1. The normalized spacial score (nSPS) is 13.4. The van der Waals surface area contributed by atoms with Gasteiger partial charge in [0.1, 0.15) is 0 Å². The molecule has 0 heterocycles. The van der Waals surface area contributed by atoms with Gasteiger partial charge in [-0.2, -0.15) is 0 Å². The van der Waals surface area contributed by atoms with Crippen molar-refractivity contribution in [1.82, 2.24) is 0 Å². The van der Waals surface area contributed by atoms with E-state index in [-0.39, 0.29) is 0 Å². The highest BCUT2D eigenvalue weighted by Gasteiger charge is 2.33. The maximum Gasteiger partial charge on any atom is 0.346 e. The van der Waals surface area contributed by atoms with Crippen LogP contribution in [0.4, 0.5) is 0 Å². The van der Waals surface area contributed by atoms with E-state index in [1.54, 1.807) is 52.0 Å². The molecule has 0 aliphatic rings. The summed E-state index contributed by atoms with van der Waals surface area (Å²) >= 11 is 0. The fourth-order valence-corrected chi connectivity index (χ4v) is 6.03. The second-order valence-corrected chi connectivity index (χ2v) is 9.70. The van der Waals surface area contributed by atoms with Crippen molar-refractivity contribution in [3.05, 3.63) is 41.3 Å². The standard InChI is InChI=1S/C15H23O5PS/c1-13(2)19-21(16,20-14(3)4)12-22(17,18)11-10-15-8-6-5-7-9-15/h5-11,13-14H,12H2,1-4H3. The third-order valence-electron chi connectivity index (χ3n) is 2.35. The van der Waals surface area contributed by atoms with Crippen LogP contribution in [0.15, 0.2) is 35.7 Å². The first kappa shape index (κ1) is 19.1. The van der Waals surface area contributed by atoms with Gasteiger partial charge in [-0.1, -0.05) is 30.3 Å². The molecule has 0 radical (unpaired) electrons. The number of hydrogen-bond acceptors (Lipinski definition) is 5. The van der Waals surface area contributed by atoms with Gasteiger partial charge in [-0.3, -0.25) is 4.57 Å². The minimum absolute atomic E-state index is 0.391. The highest BCUT2D eigenvalue weighted by molar-refractivity contribution is 8.00. The SMILES string of the molecule is CC(C)OP(=O)(CS(=O)(=O)C=Cc1ccccc1)OC(C)C. The van der Waals surface area contributed by atoms with E-state index in [1.165, 1.54) is 6.08 Å². The van der Waals surface area contributed by atoms with Crippen LogP contribution in [0.5, 0.6) is 0 Å². The molecule has 0 bridgehead atoms. The van der Waals surface area contributed by atoms with Crippen molar-refractivity contribution < 1.29 is 22.0 Å². The molecule has 0 atom stereocenters. The minimum Gasteiger partial charge on any atom is -0.305 e. The molecule has 0 unspecified atom stereocenters. The maximum absolute atomic E-state index is 12.6. The second kappa shape index (κ2) is 8.06. The zero-order chi connectivity index (χ0) is 16.8. The van der Waals surface area contributed by atoms with Crippen molar-refractivity contribution in [2.24, 2.45) is 0 Å². The molecule has 7 heteroatoms. The van der Waals surface area contributed by atoms with Crippen molar-refractivity contribution in [2.45, 2.75) is 39.9 Å². The molecule has 5 nitrogen and oxygen atoms in total. The van der Waals surface area contributed by atoms with Gasteiger partial charge in [-0.05, 0) is 39.3 Å². The summed E-state index contributed by atoms with van der Waals surface area (Å²) in [6.07, 6.45) is 0.681. The molecular weight excluding hydrogens is 323 g/mol. The van der Waals surface area contributed by atoms with E-state index in [4.69, 9.17) is 9.05 Å². The Labute approximate surface area is 132 Å². The molecule has 0 amide bonds. The van der Waals surface area contributed by atoms with Crippen LogP contribution in [0.2, 0.25) is 0 Å². The van der Waals surface area contributed by atoms with E-state index in [2.05, 4.69) is 0 Å². The lowest BCUT2D eigenvalue weighted by Crippen LogP contribution is -2.14. The predicted molar refractivity (Wildman–Crippen MR) is 89.3 cm³/mol. The summed E-state index contributed by atoms with van der Waals surface area (Å²) < 4.78 is 47.4. The molecule has 0 aromatic heterocycles. The molecule has 0 fully saturated rings. The smallest absolute Gasteiger partial charge is 0.305 e. The first-order chi connectivity index (χ1) is 10.1. The molecule has 0 aliphatic carbocycles. The van der Waals surface area contributed by atoms with Crippen LogP contribution in [0.1, 0.15) is 33.3 Å². The van der Waals surface area contributed by atoms with Crippen LogP contribution in [-0.4, -0.2) is 26.1 Å². The molecule has 0 spiro atoms. The Morgan fingerprint density at radius 1 is 1.05 bits per heavy atom. The van der Waals surface area contributed by atoms with E-state index in [1.807, 2.05) is 6.07 Å². The van der Waals surface area contributed by atoms with E-state index in [0.717, 1.165) is 11.0 Å². The Hall–Kier alpha value is -0.940. The molecule has 0 saturated carbocycles. The van der Waals surface area contributed by atoms with Gasteiger partial charge in [0.05, 0.1) is 12.2 Å². The summed E-state index contributed by atoms with van der Waals surface area (Å²) in [5.74, 6) is 0. The van der Waals surface area contributed by atoms with Crippen molar-refractivity contribution in [3.63, 3.8) is 0 Å². The second-order valence-electron chi connectivity index (χ2n) is 5.42. The Balaban J connectivity index is 2.91. The topological polar surface area (TPSA) is 69.7 Å². The van der Waals surface area contributed by atoms with Gasteiger partial charge >= 0.3 is 7.60 Å². The molecule has 0 aliphatic heterocycles. The number of rotatable bonds is 8. The van der Waals surface area contributed by atoms with E-state index in [0.29, 0.717) is 0 Å². The maximum atomic E-state index is 12.6. The number of hydrogen-bond donors (Lipinski definition) is 0. The Kier molecular flexibility index (Phi) is 7.00. The fourth-order valence-electron chi connectivity index (χ4n) is 1.74. The monoisotopic (exact) mass is 346 g/mol. The molecule has 0 N–H and O–H groups in total. The average molecular weight is 346 g/mol. The molecule has 0 saturated heterocycles. The Morgan fingerprint density at radius 2 is 1.55 bits per heavy atom. The number of sulfone groups is 1. The van der Waals surface area contributed by atoms with Gasteiger partial charge in [-0.15, -0.1) is 0 Å². The van der Waals surface area contributed by atoms with Crippen molar-refractivity contribution in [2.75, 3.05) is 5.49 Å². The van der Waals surface area contributed by atoms with Crippen LogP contribution in [0, 0.1) is 0 Å². The largest absolute Gasteiger partial charge is 0.346 e. The first-order valence-electron chi connectivity index (χ1n) is 7.04. The third-order valence-corrected chi connectivity index (χ3v) is 7.09. The summed E-state index contributed by atoms with van der Waals surface area (Å²) in [6.45, 7) is 6.73. The lowest BCUT2D eigenvalue weighted by molar-refractivity contribution is 0.145. The van der Waals surface area contributed by atoms with Gasteiger partial charge < -0.3 is 9.05 Å². The van der Waals surface area contributed by atoms with Crippen LogP contribution >= 0.6 is 7.60 Å². The van der Waals surface area contributed by atoms with Crippen LogP contribution in [0.25, 0.3) is 6.08 Å². The predicted octanol–water partition coefficient (Wildman–Crippen LogP) is 4.07. The zero-order valence-electron chi connectivity index (χ0n) is 13.3. The molecule has 1 rings (SSSR count). The van der Waals surface area contributed by atoms with Gasteiger partial charge in [0, 0.05) is 5.41 Å². The summed E-state index contributed by atoms with van der Waals surface area (Å²) in [4.78, 5) is 0. The van der Waals surface area contributed by atoms with Gasteiger partial charge in [0.2, 0.25) is 0 Å². The average Bonchev–Trinajstić information content (AvgIpc) is 2.34. The lowest BCUT2D eigenvalue weighted by Gasteiger charge is -2.22. The summed E-state index contributed by atoms with van der Waals surface area (Å²) in [5.41, 5.74) is 0.0788. The quantitative estimate of drug-likeness (QED) is 0.664. The van der Waals surface area contributed by atoms with Crippen molar-refractivity contribution in [3.8, 4) is 0 Å². The zero-order valence-corrected chi connectivity index (χ0v) is 15.0. The van der Waals surface area contributed by atoms with Crippen LogP contribution in [0.3, 0.4) is 0 Å². The molecule has 1 aromatic rings. The molecule has 22 heavy (non-hydrogen) atoms. The van der Waals surface area contributed by atoms with E-state index >= 15 is 0 Å².